The predicted octanol–water partition coefficient (Wildman–Crippen LogP) is 4.06. The minimum Gasteiger partial charge on any atom is -0.491 e. The van der Waals surface area contributed by atoms with Crippen molar-refractivity contribution in [1.29, 1.82) is 0 Å². The van der Waals surface area contributed by atoms with E-state index in [2.05, 4.69) is 43.2 Å². The highest BCUT2D eigenvalue weighted by molar-refractivity contribution is 7.10. The Balaban J connectivity index is 1.40. The van der Waals surface area contributed by atoms with Gasteiger partial charge in [-0.15, -0.1) is 11.3 Å². The van der Waals surface area contributed by atoms with Gasteiger partial charge in [-0.2, -0.15) is 0 Å². The Hall–Kier alpha value is -1.93. The molecule has 1 amide bonds. The number of nitrogens with zero attached hydrogens (tertiary/aromatic N) is 2. The van der Waals surface area contributed by atoms with Crippen molar-refractivity contribution in [2.24, 2.45) is 5.92 Å². The summed E-state index contributed by atoms with van der Waals surface area (Å²) in [6.45, 7) is 9.12. The molecule has 1 saturated carbocycles. The fourth-order valence-corrected chi connectivity index (χ4v) is 5.49. The van der Waals surface area contributed by atoms with E-state index in [0.29, 0.717) is 51.4 Å². The number of hydrogen-bond donors (Lipinski definition) is 1. The molecule has 2 unspecified atom stereocenters. The molecule has 2 atom stereocenters. The number of fused-ring (bicyclic) bond motifs is 1. The third-order valence-electron chi connectivity index (χ3n) is 6.42. The van der Waals surface area contributed by atoms with Gasteiger partial charge in [0.1, 0.15) is 12.4 Å². The third kappa shape index (κ3) is 6.81. The van der Waals surface area contributed by atoms with Crippen molar-refractivity contribution < 1.29 is 19.4 Å². The van der Waals surface area contributed by atoms with Crippen molar-refractivity contribution in [3.8, 4) is 5.75 Å². The van der Waals surface area contributed by atoms with Crippen LogP contribution in [0.2, 0.25) is 0 Å². The molecule has 1 aliphatic heterocycles. The second kappa shape index (κ2) is 11.7. The van der Waals surface area contributed by atoms with Gasteiger partial charge in [0.15, 0.2) is 0 Å². The quantitative estimate of drug-likeness (QED) is 0.490. The fourth-order valence-electron chi connectivity index (χ4n) is 4.57. The molecule has 0 saturated heterocycles. The Morgan fingerprint density at radius 2 is 2.09 bits per heavy atom. The van der Waals surface area contributed by atoms with E-state index in [-0.39, 0.29) is 11.9 Å². The van der Waals surface area contributed by atoms with E-state index in [4.69, 9.17) is 9.47 Å². The summed E-state index contributed by atoms with van der Waals surface area (Å²) in [7, 11) is 0. The molecule has 0 bridgehead atoms. The van der Waals surface area contributed by atoms with Gasteiger partial charge in [0.25, 0.3) is 0 Å². The fraction of sp³-hybridized carbons (Fsp3) is 0.593. The summed E-state index contributed by atoms with van der Waals surface area (Å²) in [6, 6.07) is 10.5. The number of aliphatic hydroxyl groups excluding tert-OH is 1. The maximum atomic E-state index is 13.6. The number of ether oxygens (including phenoxy) is 2. The number of hydrogen-bond acceptors (Lipinski definition) is 6. The Labute approximate surface area is 207 Å². The number of aryl methyl sites for hydroxylation is 1. The first-order chi connectivity index (χ1) is 16.4. The molecule has 2 heterocycles. The number of carbonyl (C=O) groups excluding carboxylic acids is 1. The zero-order valence-corrected chi connectivity index (χ0v) is 21.4. The third-order valence-corrected chi connectivity index (χ3v) is 7.42. The number of amides is 1. The number of thiophene rings is 1. The molecular formula is C27H38N2O4S. The summed E-state index contributed by atoms with van der Waals surface area (Å²) in [5.74, 6) is 1.38. The van der Waals surface area contributed by atoms with Gasteiger partial charge in [0.2, 0.25) is 5.91 Å². The van der Waals surface area contributed by atoms with Gasteiger partial charge in [-0.3, -0.25) is 9.69 Å². The van der Waals surface area contributed by atoms with Gasteiger partial charge in [-0.25, -0.2) is 0 Å². The number of benzene rings is 1. The van der Waals surface area contributed by atoms with Crippen LogP contribution in [-0.2, 0) is 16.0 Å². The first-order valence-electron chi connectivity index (χ1n) is 12.5. The van der Waals surface area contributed by atoms with Crippen LogP contribution < -0.4 is 4.74 Å². The second-order valence-electron chi connectivity index (χ2n) is 10.0. The monoisotopic (exact) mass is 486 g/mol. The molecule has 7 heteroatoms. The van der Waals surface area contributed by atoms with Crippen LogP contribution in [0.3, 0.4) is 0 Å². The van der Waals surface area contributed by atoms with E-state index < -0.39 is 6.10 Å². The molecule has 2 aliphatic rings. The summed E-state index contributed by atoms with van der Waals surface area (Å²) in [4.78, 5) is 19.0. The first kappa shape index (κ1) is 25.2. The molecule has 0 spiro atoms. The number of rotatable bonds is 12. The predicted molar refractivity (Wildman–Crippen MR) is 135 cm³/mol. The molecule has 2 aromatic rings. The van der Waals surface area contributed by atoms with Crippen LogP contribution in [0.25, 0.3) is 0 Å². The Morgan fingerprint density at radius 3 is 2.82 bits per heavy atom. The lowest BCUT2D eigenvalue weighted by Gasteiger charge is -2.37. The topological polar surface area (TPSA) is 62.2 Å². The Bertz CT molecular complexity index is 942. The maximum Gasteiger partial charge on any atom is 0.237 e. The molecule has 1 aliphatic carbocycles. The highest BCUT2D eigenvalue weighted by atomic mass is 32.1. The van der Waals surface area contributed by atoms with Crippen LogP contribution in [-0.4, -0.2) is 72.4 Å². The van der Waals surface area contributed by atoms with E-state index in [1.807, 2.05) is 23.1 Å². The summed E-state index contributed by atoms with van der Waals surface area (Å²) < 4.78 is 11.8. The highest BCUT2D eigenvalue weighted by Gasteiger charge is 2.36. The van der Waals surface area contributed by atoms with Crippen LogP contribution in [0.4, 0.5) is 0 Å². The van der Waals surface area contributed by atoms with Crippen LogP contribution >= 0.6 is 11.3 Å². The van der Waals surface area contributed by atoms with Gasteiger partial charge in [-0.05, 0) is 66.8 Å². The van der Waals surface area contributed by atoms with Crippen molar-refractivity contribution in [2.75, 3.05) is 39.5 Å². The average molecular weight is 487 g/mol. The lowest BCUT2D eigenvalue weighted by atomic mass is 10.0. The van der Waals surface area contributed by atoms with E-state index in [0.717, 1.165) is 30.6 Å². The maximum absolute atomic E-state index is 13.6. The molecule has 34 heavy (non-hydrogen) atoms. The SMILES string of the molecule is Cc1cccc(OCC2c3ccsc3CCN2C(=O)CN(CC(O)COCC(C)C)C2CC2)c1. The number of carbonyl (C=O) groups is 1. The minimum absolute atomic E-state index is 0.0941. The highest BCUT2D eigenvalue weighted by Crippen LogP contribution is 2.35. The van der Waals surface area contributed by atoms with Crippen LogP contribution in [0, 0.1) is 12.8 Å². The molecule has 186 valence electrons. The normalized spacial score (nSPS) is 18.9. The van der Waals surface area contributed by atoms with Gasteiger partial charge < -0.3 is 19.5 Å². The lowest BCUT2D eigenvalue weighted by molar-refractivity contribution is -0.136. The van der Waals surface area contributed by atoms with Gasteiger partial charge >= 0.3 is 0 Å². The first-order valence-corrected chi connectivity index (χ1v) is 13.3. The molecule has 6 nitrogen and oxygen atoms in total. The van der Waals surface area contributed by atoms with Gasteiger partial charge in [-0.1, -0.05) is 26.0 Å². The molecular weight excluding hydrogens is 448 g/mol. The van der Waals surface area contributed by atoms with Crippen molar-refractivity contribution in [3.63, 3.8) is 0 Å². The average Bonchev–Trinajstić information content (AvgIpc) is 3.53. The number of aliphatic hydroxyl groups is 1. The van der Waals surface area contributed by atoms with E-state index >= 15 is 0 Å². The Kier molecular flexibility index (Phi) is 8.64. The van der Waals surface area contributed by atoms with Gasteiger partial charge in [0.05, 0.1) is 25.3 Å². The van der Waals surface area contributed by atoms with Crippen molar-refractivity contribution in [1.82, 2.24) is 9.80 Å². The molecule has 1 fully saturated rings. The summed E-state index contributed by atoms with van der Waals surface area (Å²) in [5.41, 5.74) is 2.36. The Morgan fingerprint density at radius 1 is 1.26 bits per heavy atom. The molecule has 1 N–H and O–H groups in total. The van der Waals surface area contributed by atoms with Crippen molar-refractivity contribution >= 4 is 17.2 Å². The zero-order valence-electron chi connectivity index (χ0n) is 20.6. The van der Waals surface area contributed by atoms with E-state index in [9.17, 15) is 9.90 Å². The molecule has 0 radical (unpaired) electrons. The van der Waals surface area contributed by atoms with E-state index in [1.165, 1.54) is 10.4 Å². The minimum atomic E-state index is -0.586. The van der Waals surface area contributed by atoms with Crippen LogP contribution in [0.5, 0.6) is 5.75 Å². The van der Waals surface area contributed by atoms with Crippen LogP contribution in [0.15, 0.2) is 35.7 Å². The zero-order chi connectivity index (χ0) is 24.1. The smallest absolute Gasteiger partial charge is 0.237 e. The largest absolute Gasteiger partial charge is 0.491 e. The van der Waals surface area contributed by atoms with E-state index in [1.54, 1.807) is 11.3 Å². The lowest BCUT2D eigenvalue weighted by Crippen LogP contribution is -2.48. The summed E-state index contributed by atoms with van der Waals surface area (Å²) in [5, 5.41) is 12.6. The standard InChI is InChI=1S/C27H38N2O4S/c1-19(2)16-32-17-22(30)14-28(21-7-8-21)15-27(31)29-11-9-26-24(10-12-34-26)25(29)18-33-23-6-4-5-20(3)13-23/h4-6,10,12-13,19,21-22,25,30H,7-9,11,14-18H2,1-3H3. The second-order valence-corrected chi connectivity index (χ2v) is 11.0. The van der Waals surface area contributed by atoms with Gasteiger partial charge in [0, 0.05) is 30.6 Å². The molecule has 4 rings (SSSR count). The summed E-state index contributed by atoms with van der Waals surface area (Å²) in [6.07, 6.45) is 2.47. The van der Waals surface area contributed by atoms with Crippen molar-refractivity contribution in [3.05, 3.63) is 51.7 Å². The molecule has 1 aromatic heterocycles. The van der Waals surface area contributed by atoms with Crippen LogP contribution in [0.1, 0.15) is 48.7 Å². The molecule has 1 aromatic carbocycles. The summed E-state index contributed by atoms with van der Waals surface area (Å²) >= 11 is 1.76. The van der Waals surface area contributed by atoms with Crippen molar-refractivity contribution in [2.45, 2.75) is 58.2 Å².